The quantitative estimate of drug-likeness (QED) is 0.764. The molecule has 1 aromatic carbocycles. The predicted octanol–water partition coefficient (Wildman–Crippen LogP) is 0.330. The molecule has 2 N–H and O–H groups in total. The first-order chi connectivity index (χ1) is 9.20. The van der Waals surface area contributed by atoms with Gasteiger partial charge in [0.1, 0.15) is 6.04 Å². The molecule has 0 aromatic heterocycles. The van der Waals surface area contributed by atoms with Crippen molar-refractivity contribution in [2.75, 3.05) is 13.1 Å². The van der Waals surface area contributed by atoms with Crippen molar-refractivity contribution in [2.45, 2.75) is 12.6 Å². The van der Waals surface area contributed by atoms with E-state index in [1.807, 2.05) is 30.3 Å². The molecule has 3 amide bonds. The van der Waals surface area contributed by atoms with Crippen LogP contribution >= 0.6 is 0 Å². The highest BCUT2D eigenvalue weighted by molar-refractivity contribution is 5.90. The summed E-state index contributed by atoms with van der Waals surface area (Å²) in [6, 6.07) is 8.87. The lowest BCUT2D eigenvalue weighted by molar-refractivity contribution is -0.122. The zero-order valence-corrected chi connectivity index (χ0v) is 10.4. The third-order valence-electron chi connectivity index (χ3n) is 2.89. The minimum atomic E-state index is -0.537. The molecule has 2 rings (SSSR count). The number of nitrogens with one attached hydrogen (secondary N) is 2. The van der Waals surface area contributed by atoms with Crippen molar-refractivity contribution in [1.29, 1.82) is 0 Å². The zero-order valence-electron chi connectivity index (χ0n) is 10.4. The Morgan fingerprint density at radius 1 is 1.47 bits per heavy atom. The van der Waals surface area contributed by atoms with E-state index in [4.69, 9.17) is 6.42 Å². The summed E-state index contributed by atoms with van der Waals surface area (Å²) in [6.07, 6.45) is 5.07. The second-order valence-electron chi connectivity index (χ2n) is 4.29. The van der Waals surface area contributed by atoms with E-state index < -0.39 is 6.04 Å². The Kier molecular flexibility index (Phi) is 4.04. The van der Waals surface area contributed by atoms with Crippen LogP contribution < -0.4 is 10.6 Å². The van der Waals surface area contributed by atoms with Crippen LogP contribution in [0.25, 0.3) is 0 Å². The van der Waals surface area contributed by atoms with Gasteiger partial charge in [0.15, 0.2) is 0 Å². The highest BCUT2D eigenvalue weighted by Crippen LogP contribution is 2.10. The maximum Gasteiger partial charge on any atom is 0.318 e. The van der Waals surface area contributed by atoms with Crippen molar-refractivity contribution in [2.24, 2.45) is 0 Å². The molecule has 1 atom stereocenters. The van der Waals surface area contributed by atoms with Gasteiger partial charge in [-0.3, -0.25) is 4.79 Å². The van der Waals surface area contributed by atoms with Crippen LogP contribution in [-0.4, -0.2) is 36.0 Å². The molecule has 1 fully saturated rings. The van der Waals surface area contributed by atoms with Crippen molar-refractivity contribution < 1.29 is 9.59 Å². The number of urea groups is 1. The summed E-state index contributed by atoms with van der Waals surface area (Å²) >= 11 is 0. The van der Waals surface area contributed by atoms with Gasteiger partial charge in [-0.05, 0) is 5.56 Å². The summed E-state index contributed by atoms with van der Waals surface area (Å²) in [5.41, 5.74) is 1.03. The number of hydrogen-bond donors (Lipinski definition) is 2. The molecule has 0 radical (unpaired) electrons. The van der Waals surface area contributed by atoms with Gasteiger partial charge in [-0.2, -0.15) is 0 Å². The Balaban J connectivity index is 1.93. The number of rotatable bonds is 4. The van der Waals surface area contributed by atoms with Crippen molar-refractivity contribution in [3.63, 3.8) is 0 Å². The minimum absolute atomic E-state index is 0.171. The SMILES string of the molecule is C#CCNC(=O)C1CN(Cc2ccccc2)C(=O)N1. The fourth-order valence-electron chi connectivity index (χ4n) is 1.94. The molecule has 0 aliphatic carbocycles. The predicted molar refractivity (Wildman–Crippen MR) is 71.0 cm³/mol. The highest BCUT2D eigenvalue weighted by atomic mass is 16.2. The lowest BCUT2D eigenvalue weighted by Crippen LogP contribution is -2.42. The Hall–Kier alpha value is -2.48. The summed E-state index contributed by atoms with van der Waals surface area (Å²) < 4.78 is 0. The number of terminal acetylenes is 1. The molecule has 1 aromatic rings. The molecule has 1 heterocycles. The van der Waals surface area contributed by atoms with Crippen LogP contribution in [0.4, 0.5) is 4.79 Å². The topological polar surface area (TPSA) is 61.4 Å². The summed E-state index contributed by atoms with van der Waals surface area (Å²) in [5, 5.41) is 5.20. The summed E-state index contributed by atoms with van der Waals surface area (Å²) in [4.78, 5) is 25.1. The van der Waals surface area contributed by atoms with E-state index in [0.717, 1.165) is 5.56 Å². The number of carbonyl (C=O) groups excluding carboxylic acids is 2. The molecule has 0 bridgehead atoms. The van der Waals surface area contributed by atoms with Crippen LogP contribution in [0.5, 0.6) is 0 Å². The molecule has 98 valence electrons. The third-order valence-corrected chi connectivity index (χ3v) is 2.89. The van der Waals surface area contributed by atoms with Crippen LogP contribution in [0.2, 0.25) is 0 Å². The number of benzene rings is 1. The molecule has 19 heavy (non-hydrogen) atoms. The average molecular weight is 257 g/mol. The molecule has 1 aliphatic heterocycles. The van der Waals surface area contributed by atoms with Crippen molar-refractivity contribution in [3.05, 3.63) is 35.9 Å². The molecule has 0 spiro atoms. The van der Waals surface area contributed by atoms with E-state index in [1.54, 1.807) is 4.90 Å². The average Bonchev–Trinajstić information content (AvgIpc) is 2.79. The standard InChI is InChI=1S/C14H15N3O2/c1-2-8-15-13(18)12-10-17(14(19)16-12)9-11-6-4-3-5-7-11/h1,3-7,12H,8-10H2,(H,15,18)(H,16,19). The molecule has 1 unspecified atom stereocenters. The van der Waals surface area contributed by atoms with Crippen LogP contribution in [0.1, 0.15) is 5.56 Å². The van der Waals surface area contributed by atoms with Gasteiger partial charge in [0, 0.05) is 6.54 Å². The van der Waals surface area contributed by atoms with Gasteiger partial charge in [0.2, 0.25) is 5.91 Å². The Labute approximate surface area is 112 Å². The molecular formula is C14H15N3O2. The van der Waals surface area contributed by atoms with Crippen LogP contribution in [0.15, 0.2) is 30.3 Å². The summed E-state index contributed by atoms with van der Waals surface area (Å²) in [6.45, 7) is 1.01. The minimum Gasteiger partial charge on any atom is -0.343 e. The molecule has 1 saturated heterocycles. The fraction of sp³-hybridized carbons (Fsp3) is 0.286. The first kappa shape index (κ1) is 13.0. The van der Waals surface area contributed by atoms with Gasteiger partial charge >= 0.3 is 6.03 Å². The third kappa shape index (κ3) is 3.26. The number of amides is 3. The number of nitrogens with zero attached hydrogens (tertiary/aromatic N) is 1. The molecule has 1 aliphatic rings. The Morgan fingerprint density at radius 3 is 2.89 bits per heavy atom. The first-order valence-electron chi connectivity index (χ1n) is 6.01. The van der Waals surface area contributed by atoms with Crippen molar-refractivity contribution in [1.82, 2.24) is 15.5 Å². The first-order valence-corrected chi connectivity index (χ1v) is 6.01. The number of hydrogen-bond acceptors (Lipinski definition) is 2. The maximum absolute atomic E-state index is 11.8. The van der Waals surface area contributed by atoms with E-state index in [1.165, 1.54) is 0 Å². The second-order valence-corrected chi connectivity index (χ2v) is 4.29. The lowest BCUT2D eigenvalue weighted by atomic mass is 10.2. The Bertz CT molecular complexity index is 507. The second kappa shape index (κ2) is 5.91. The van der Waals surface area contributed by atoms with E-state index >= 15 is 0 Å². The Morgan fingerprint density at radius 2 is 2.21 bits per heavy atom. The number of carbonyl (C=O) groups is 2. The van der Waals surface area contributed by atoms with Crippen LogP contribution in [0.3, 0.4) is 0 Å². The monoisotopic (exact) mass is 257 g/mol. The summed E-state index contributed by atoms with van der Waals surface area (Å²) in [7, 11) is 0. The highest BCUT2D eigenvalue weighted by Gasteiger charge is 2.32. The summed E-state index contributed by atoms with van der Waals surface area (Å²) in [5.74, 6) is 2.08. The van der Waals surface area contributed by atoms with Crippen LogP contribution in [-0.2, 0) is 11.3 Å². The van der Waals surface area contributed by atoms with E-state index in [0.29, 0.717) is 13.1 Å². The molecule has 0 saturated carbocycles. The maximum atomic E-state index is 11.8. The fourth-order valence-corrected chi connectivity index (χ4v) is 1.94. The van der Waals surface area contributed by atoms with Crippen molar-refractivity contribution >= 4 is 11.9 Å². The van der Waals surface area contributed by atoms with Gasteiger partial charge < -0.3 is 15.5 Å². The van der Waals surface area contributed by atoms with Crippen molar-refractivity contribution in [3.8, 4) is 12.3 Å². The van der Waals surface area contributed by atoms with Crippen LogP contribution in [0, 0.1) is 12.3 Å². The lowest BCUT2D eigenvalue weighted by Gasteiger charge is -2.14. The van der Waals surface area contributed by atoms with Gasteiger partial charge in [-0.1, -0.05) is 36.3 Å². The van der Waals surface area contributed by atoms with E-state index in [2.05, 4.69) is 16.6 Å². The molecule has 5 heteroatoms. The van der Waals surface area contributed by atoms with E-state index in [9.17, 15) is 9.59 Å². The normalized spacial score (nSPS) is 17.7. The van der Waals surface area contributed by atoms with Gasteiger partial charge in [-0.25, -0.2) is 4.79 Å². The van der Waals surface area contributed by atoms with Gasteiger partial charge in [0.05, 0.1) is 13.1 Å². The van der Waals surface area contributed by atoms with E-state index in [-0.39, 0.29) is 18.5 Å². The molecular weight excluding hydrogens is 242 g/mol. The largest absolute Gasteiger partial charge is 0.343 e. The van der Waals surface area contributed by atoms with Gasteiger partial charge in [-0.15, -0.1) is 6.42 Å². The smallest absolute Gasteiger partial charge is 0.318 e. The molecule has 5 nitrogen and oxygen atoms in total. The van der Waals surface area contributed by atoms with Gasteiger partial charge in [0.25, 0.3) is 0 Å². The zero-order chi connectivity index (χ0) is 13.7.